The van der Waals surface area contributed by atoms with Gasteiger partial charge in [0.25, 0.3) is 0 Å². The van der Waals surface area contributed by atoms with Crippen LogP contribution < -0.4 is 10.2 Å². The maximum Gasteiger partial charge on any atom is 0.225 e. The molecule has 6 rings (SSSR count). The molecule has 0 unspecified atom stereocenters. The molecule has 1 N–H and O–H groups in total. The topological polar surface area (TPSA) is 66.8 Å². The number of rotatable bonds is 7. The van der Waals surface area contributed by atoms with Gasteiger partial charge in [-0.1, -0.05) is 72.8 Å². The van der Waals surface area contributed by atoms with Crippen molar-refractivity contribution < 1.29 is 0 Å². The molecule has 1 saturated heterocycles. The summed E-state index contributed by atoms with van der Waals surface area (Å²) in [6.45, 7) is 2.74. The molecular formula is C30H28N6. The average Bonchev–Trinajstić information content (AvgIpc) is 3.50. The molecule has 6 nitrogen and oxygen atoms in total. The van der Waals surface area contributed by atoms with Crippen LogP contribution in [0.2, 0.25) is 0 Å². The van der Waals surface area contributed by atoms with Gasteiger partial charge in [-0.15, -0.1) is 0 Å². The van der Waals surface area contributed by atoms with Crippen molar-refractivity contribution in [2.24, 2.45) is 0 Å². The summed E-state index contributed by atoms with van der Waals surface area (Å²) in [6.07, 6.45) is 6.07. The van der Waals surface area contributed by atoms with Crippen molar-refractivity contribution in [1.82, 2.24) is 19.9 Å². The predicted octanol–water partition coefficient (Wildman–Crippen LogP) is 5.93. The van der Waals surface area contributed by atoms with Crippen molar-refractivity contribution in [3.63, 3.8) is 0 Å². The fourth-order valence-corrected chi connectivity index (χ4v) is 4.86. The number of para-hydroxylation sites is 1. The Morgan fingerprint density at radius 1 is 0.722 bits per heavy atom. The van der Waals surface area contributed by atoms with Crippen molar-refractivity contribution in [1.29, 1.82) is 0 Å². The molecule has 178 valence electrons. The lowest BCUT2D eigenvalue weighted by Gasteiger charge is -2.20. The lowest BCUT2D eigenvalue weighted by Crippen LogP contribution is -2.20. The first-order valence-corrected chi connectivity index (χ1v) is 12.5. The van der Waals surface area contributed by atoms with Crippen LogP contribution in [0.3, 0.4) is 0 Å². The molecule has 0 saturated carbocycles. The van der Waals surface area contributed by atoms with Gasteiger partial charge in [0.1, 0.15) is 5.82 Å². The third kappa shape index (κ3) is 4.62. The first-order valence-electron chi connectivity index (χ1n) is 12.5. The van der Waals surface area contributed by atoms with Crippen LogP contribution >= 0.6 is 0 Å². The Hall–Kier alpha value is -4.32. The average molecular weight is 473 g/mol. The standard InChI is InChI=1S/C30H28N6/c1-3-11-22(12-4-1)26(23-13-5-2-6-14-23)21-31-29-25-15-7-8-16-27(25)34-28(35-29)24-19-32-30(33-20-24)36-17-9-10-18-36/h1-8,11-16,19-20,26H,9-10,17-18,21H2,(H,31,34,35). The molecule has 0 radical (unpaired) electrons. The number of nitrogens with one attached hydrogen (secondary N) is 1. The fourth-order valence-electron chi connectivity index (χ4n) is 4.86. The summed E-state index contributed by atoms with van der Waals surface area (Å²) in [6, 6.07) is 29.3. The Labute approximate surface area is 211 Å². The highest BCUT2D eigenvalue weighted by molar-refractivity contribution is 5.90. The lowest BCUT2D eigenvalue weighted by atomic mass is 9.91. The van der Waals surface area contributed by atoms with E-state index in [1.165, 1.54) is 24.0 Å². The first kappa shape index (κ1) is 22.2. The molecule has 3 aromatic carbocycles. The second-order valence-corrected chi connectivity index (χ2v) is 9.13. The van der Waals surface area contributed by atoms with Gasteiger partial charge in [-0.2, -0.15) is 0 Å². The van der Waals surface area contributed by atoms with E-state index < -0.39 is 0 Å². The SMILES string of the molecule is c1ccc(C(CNc2nc(-c3cnc(N4CCCC4)nc3)nc3ccccc23)c2ccccc2)cc1. The molecule has 0 spiro atoms. The molecular weight excluding hydrogens is 444 g/mol. The van der Waals surface area contributed by atoms with E-state index in [2.05, 4.69) is 86.9 Å². The highest BCUT2D eigenvalue weighted by atomic mass is 15.3. The Bertz CT molecular complexity index is 1390. The molecule has 5 aromatic rings. The summed E-state index contributed by atoms with van der Waals surface area (Å²) in [4.78, 5) is 21.2. The molecule has 3 heterocycles. The van der Waals surface area contributed by atoms with Crippen LogP contribution in [-0.4, -0.2) is 39.6 Å². The van der Waals surface area contributed by atoms with Crippen molar-refractivity contribution >= 4 is 22.7 Å². The number of fused-ring (bicyclic) bond motifs is 1. The summed E-state index contributed by atoms with van der Waals surface area (Å²) in [5.74, 6) is 2.41. The Kier molecular flexibility index (Phi) is 6.23. The number of nitrogens with zero attached hydrogens (tertiary/aromatic N) is 5. The normalized spacial score (nSPS) is 13.4. The van der Waals surface area contributed by atoms with E-state index >= 15 is 0 Å². The number of hydrogen-bond donors (Lipinski definition) is 1. The summed E-state index contributed by atoms with van der Waals surface area (Å²) < 4.78 is 0. The fraction of sp³-hybridized carbons (Fsp3) is 0.200. The number of hydrogen-bond acceptors (Lipinski definition) is 6. The van der Waals surface area contributed by atoms with Crippen LogP contribution in [0.1, 0.15) is 29.9 Å². The van der Waals surface area contributed by atoms with Gasteiger partial charge in [0.15, 0.2) is 5.82 Å². The molecule has 36 heavy (non-hydrogen) atoms. The van der Waals surface area contributed by atoms with Gasteiger partial charge < -0.3 is 10.2 Å². The summed E-state index contributed by atoms with van der Waals surface area (Å²) in [5.41, 5.74) is 4.24. The second-order valence-electron chi connectivity index (χ2n) is 9.13. The summed E-state index contributed by atoms with van der Waals surface area (Å²) in [5, 5.41) is 4.65. The zero-order valence-electron chi connectivity index (χ0n) is 20.1. The van der Waals surface area contributed by atoms with Crippen LogP contribution in [0, 0.1) is 0 Å². The van der Waals surface area contributed by atoms with Crippen LogP contribution in [0.25, 0.3) is 22.3 Å². The van der Waals surface area contributed by atoms with Gasteiger partial charge in [0.2, 0.25) is 5.95 Å². The summed E-state index contributed by atoms with van der Waals surface area (Å²) >= 11 is 0. The van der Waals surface area contributed by atoms with Gasteiger partial charge in [0, 0.05) is 43.3 Å². The van der Waals surface area contributed by atoms with Gasteiger partial charge in [0.05, 0.1) is 11.1 Å². The zero-order chi connectivity index (χ0) is 24.2. The maximum atomic E-state index is 4.94. The van der Waals surface area contributed by atoms with Gasteiger partial charge in [-0.3, -0.25) is 0 Å². The van der Waals surface area contributed by atoms with Crippen LogP contribution in [0.4, 0.5) is 11.8 Å². The molecule has 0 aliphatic carbocycles. The van der Waals surface area contributed by atoms with E-state index in [0.717, 1.165) is 41.3 Å². The Balaban J connectivity index is 1.33. The Morgan fingerprint density at radius 3 is 2.00 bits per heavy atom. The third-order valence-electron chi connectivity index (χ3n) is 6.77. The maximum absolute atomic E-state index is 4.94. The molecule has 0 bridgehead atoms. The molecule has 1 aliphatic heterocycles. The van der Waals surface area contributed by atoms with E-state index in [0.29, 0.717) is 12.4 Å². The monoisotopic (exact) mass is 472 g/mol. The molecule has 2 aromatic heterocycles. The van der Waals surface area contributed by atoms with Crippen LogP contribution in [-0.2, 0) is 0 Å². The van der Waals surface area contributed by atoms with E-state index in [4.69, 9.17) is 9.97 Å². The molecule has 0 atom stereocenters. The van der Waals surface area contributed by atoms with Gasteiger partial charge in [-0.25, -0.2) is 19.9 Å². The third-order valence-corrected chi connectivity index (χ3v) is 6.77. The molecule has 1 fully saturated rings. The number of anilines is 2. The summed E-state index contributed by atoms with van der Waals surface area (Å²) in [7, 11) is 0. The predicted molar refractivity (Wildman–Crippen MR) is 145 cm³/mol. The van der Waals surface area contributed by atoms with Gasteiger partial charge in [-0.05, 0) is 36.1 Å². The van der Waals surface area contributed by atoms with Crippen molar-refractivity contribution in [2.75, 3.05) is 29.9 Å². The molecule has 1 aliphatic rings. The second kappa shape index (κ2) is 10.1. The smallest absolute Gasteiger partial charge is 0.225 e. The van der Waals surface area contributed by atoms with E-state index in [-0.39, 0.29) is 5.92 Å². The van der Waals surface area contributed by atoms with Crippen molar-refractivity contribution in [2.45, 2.75) is 18.8 Å². The minimum Gasteiger partial charge on any atom is -0.368 e. The highest BCUT2D eigenvalue weighted by Crippen LogP contribution is 2.28. The van der Waals surface area contributed by atoms with Gasteiger partial charge >= 0.3 is 0 Å². The zero-order valence-corrected chi connectivity index (χ0v) is 20.1. The molecule has 6 heteroatoms. The minimum atomic E-state index is 0.188. The minimum absolute atomic E-state index is 0.188. The van der Waals surface area contributed by atoms with Crippen molar-refractivity contribution in [3.05, 3.63) is 108 Å². The molecule has 0 amide bonds. The lowest BCUT2D eigenvalue weighted by molar-refractivity contribution is 0.849. The first-order chi connectivity index (χ1) is 17.8. The van der Waals surface area contributed by atoms with E-state index in [1.807, 2.05) is 30.6 Å². The van der Waals surface area contributed by atoms with Crippen LogP contribution in [0.5, 0.6) is 0 Å². The van der Waals surface area contributed by atoms with Crippen molar-refractivity contribution in [3.8, 4) is 11.4 Å². The highest BCUT2D eigenvalue weighted by Gasteiger charge is 2.18. The van der Waals surface area contributed by atoms with E-state index in [1.54, 1.807) is 0 Å². The van der Waals surface area contributed by atoms with E-state index in [9.17, 15) is 0 Å². The van der Waals surface area contributed by atoms with Crippen LogP contribution in [0.15, 0.2) is 97.3 Å². The largest absolute Gasteiger partial charge is 0.368 e. The Morgan fingerprint density at radius 2 is 1.33 bits per heavy atom. The number of aromatic nitrogens is 4. The quantitative estimate of drug-likeness (QED) is 0.317. The number of benzene rings is 3.